The van der Waals surface area contributed by atoms with Crippen LogP contribution in [-0.4, -0.2) is 30.2 Å². The van der Waals surface area contributed by atoms with Gasteiger partial charge in [-0.1, -0.05) is 31.5 Å². The number of amides is 1. The number of ether oxygens (including phenoxy) is 1. The first-order chi connectivity index (χ1) is 9.63. The van der Waals surface area contributed by atoms with Gasteiger partial charge in [-0.2, -0.15) is 0 Å². The van der Waals surface area contributed by atoms with Crippen LogP contribution in [0.5, 0.6) is 5.75 Å². The van der Waals surface area contributed by atoms with E-state index in [0.717, 1.165) is 6.42 Å². The maximum Gasteiger partial charge on any atom is 0.294 e. The summed E-state index contributed by atoms with van der Waals surface area (Å²) in [6.07, 6.45) is 0.741. The topological polar surface area (TPSA) is 90.7 Å². The first kappa shape index (κ1) is 15.7. The summed E-state index contributed by atoms with van der Waals surface area (Å²) in [4.78, 5) is 26.0. The second-order valence-electron chi connectivity index (χ2n) is 4.06. The number of carbonyl (C=O) groups excluding carboxylic acids is 1. The summed E-state index contributed by atoms with van der Waals surface area (Å²) in [6.45, 7) is 1.84. The molecule has 0 heterocycles. The van der Waals surface area contributed by atoms with Crippen molar-refractivity contribution in [2.75, 3.05) is 13.2 Å². The summed E-state index contributed by atoms with van der Waals surface area (Å²) in [5.41, 5.74) is 0. The molecule has 0 aromatic heterocycles. The molecule has 0 saturated heterocycles. The van der Waals surface area contributed by atoms with E-state index in [1.54, 1.807) is 12.1 Å². The van der Waals surface area contributed by atoms with E-state index in [1.807, 2.05) is 25.1 Å². The standard InChI is InChI=1S/C13H18N2O5/c1-2-6-12(20-11-7-4-3-5-8-11)13(16)14-9-10-19-15(17)18/h3-5,7-8,12H,2,6,9-10H2,1H3,(H,14,16). The van der Waals surface area contributed by atoms with Gasteiger partial charge in [-0.05, 0) is 18.6 Å². The van der Waals surface area contributed by atoms with Crippen LogP contribution in [0, 0.1) is 10.1 Å². The van der Waals surface area contributed by atoms with E-state index in [0.29, 0.717) is 12.2 Å². The number of benzene rings is 1. The number of nitrogens with one attached hydrogen (secondary N) is 1. The molecule has 20 heavy (non-hydrogen) atoms. The number of carbonyl (C=O) groups is 1. The van der Waals surface area contributed by atoms with Gasteiger partial charge < -0.3 is 14.9 Å². The van der Waals surface area contributed by atoms with E-state index in [2.05, 4.69) is 10.2 Å². The highest BCUT2D eigenvalue weighted by Crippen LogP contribution is 2.13. The third kappa shape index (κ3) is 6.03. The lowest BCUT2D eigenvalue weighted by atomic mass is 10.2. The van der Waals surface area contributed by atoms with Crippen molar-refractivity contribution in [3.8, 4) is 5.75 Å². The van der Waals surface area contributed by atoms with Crippen LogP contribution in [-0.2, 0) is 9.63 Å². The zero-order valence-corrected chi connectivity index (χ0v) is 11.3. The summed E-state index contributed by atoms with van der Waals surface area (Å²) >= 11 is 0. The minimum absolute atomic E-state index is 0.0676. The first-order valence-electron chi connectivity index (χ1n) is 6.40. The lowest BCUT2D eigenvalue weighted by Gasteiger charge is -2.18. The van der Waals surface area contributed by atoms with E-state index in [4.69, 9.17) is 4.74 Å². The van der Waals surface area contributed by atoms with Crippen LogP contribution >= 0.6 is 0 Å². The molecule has 0 spiro atoms. The van der Waals surface area contributed by atoms with Crippen molar-refractivity contribution in [3.05, 3.63) is 40.4 Å². The van der Waals surface area contributed by atoms with Gasteiger partial charge in [0.05, 0.1) is 0 Å². The molecule has 0 fully saturated rings. The molecule has 110 valence electrons. The number of para-hydroxylation sites is 1. The normalized spacial score (nSPS) is 11.4. The molecule has 1 N–H and O–H groups in total. The molecule has 0 aliphatic rings. The predicted molar refractivity (Wildman–Crippen MR) is 71.7 cm³/mol. The van der Waals surface area contributed by atoms with Crippen LogP contribution in [0.2, 0.25) is 0 Å². The van der Waals surface area contributed by atoms with Crippen LogP contribution in [0.4, 0.5) is 0 Å². The Morgan fingerprint density at radius 3 is 2.70 bits per heavy atom. The van der Waals surface area contributed by atoms with Crippen LogP contribution < -0.4 is 10.1 Å². The third-order valence-electron chi connectivity index (χ3n) is 2.46. The summed E-state index contributed by atoms with van der Waals surface area (Å²) in [6, 6.07) is 9.04. The summed E-state index contributed by atoms with van der Waals surface area (Å²) < 4.78 is 5.61. The van der Waals surface area contributed by atoms with Crippen LogP contribution in [0.15, 0.2) is 30.3 Å². The Bertz CT molecular complexity index is 424. The molecule has 1 rings (SSSR count). The van der Waals surface area contributed by atoms with E-state index in [-0.39, 0.29) is 19.1 Å². The highest BCUT2D eigenvalue weighted by atomic mass is 16.9. The maximum atomic E-state index is 11.9. The van der Waals surface area contributed by atoms with Crippen molar-refractivity contribution >= 4 is 5.91 Å². The zero-order valence-electron chi connectivity index (χ0n) is 11.3. The average Bonchev–Trinajstić information content (AvgIpc) is 2.44. The van der Waals surface area contributed by atoms with Crippen molar-refractivity contribution in [1.82, 2.24) is 5.32 Å². The molecule has 1 atom stereocenters. The number of hydrogen-bond donors (Lipinski definition) is 1. The van der Waals surface area contributed by atoms with Gasteiger partial charge in [0.25, 0.3) is 11.0 Å². The molecular weight excluding hydrogens is 264 g/mol. The summed E-state index contributed by atoms with van der Waals surface area (Å²) in [5, 5.41) is 11.6. The molecule has 1 aromatic carbocycles. The fourth-order valence-electron chi connectivity index (χ4n) is 1.58. The minimum Gasteiger partial charge on any atom is -0.481 e. The van der Waals surface area contributed by atoms with E-state index in [9.17, 15) is 14.9 Å². The predicted octanol–water partition coefficient (Wildman–Crippen LogP) is 1.56. The average molecular weight is 282 g/mol. The molecule has 0 aliphatic carbocycles. The van der Waals surface area contributed by atoms with Crippen LogP contribution in [0.1, 0.15) is 19.8 Å². The summed E-state index contributed by atoms with van der Waals surface area (Å²) in [5.74, 6) is 0.310. The second-order valence-corrected chi connectivity index (χ2v) is 4.06. The molecule has 0 bridgehead atoms. The van der Waals surface area contributed by atoms with Crippen molar-refractivity contribution in [2.45, 2.75) is 25.9 Å². The Morgan fingerprint density at radius 1 is 1.40 bits per heavy atom. The lowest BCUT2D eigenvalue weighted by molar-refractivity contribution is -0.757. The largest absolute Gasteiger partial charge is 0.481 e. The Kier molecular flexibility index (Phi) is 6.88. The van der Waals surface area contributed by atoms with Crippen LogP contribution in [0.25, 0.3) is 0 Å². The van der Waals surface area contributed by atoms with E-state index < -0.39 is 11.2 Å². The van der Waals surface area contributed by atoms with Gasteiger partial charge >= 0.3 is 0 Å². The quantitative estimate of drug-likeness (QED) is 0.421. The van der Waals surface area contributed by atoms with E-state index >= 15 is 0 Å². The molecule has 7 heteroatoms. The van der Waals surface area contributed by atoms with Gasteiger partial charge in [-0.15, -0.1) is 10.1 Å². The smallest absolute Gasteiger partial charge is 0.294 e. The SMILES string of the molecule is CCCC(Oc1ccccc1)C(=O)NCCO[N+](=O)[O-]. The molecule has 1 amide bonds. The highest BCUT2D eigenvalue weighted by molar-refractivity contribution is 5.81. The molecule has 7 nitrogen and oxygen atoms in total. The van der Waals surface area contributed by atoms with Crippen molar-refractivity contribution in [1.29, 1.82) is 0 Å². The first-order valence-corrected chi connectivity index (χ1v) is 6.40. The second kappa shape index (κ2) is 8.73. The van der Waals surface area contributed by atoms with Gasteiger partial charge in [0.1, 0.15) is 12.4 Å². The molecular formula is C13H18N2O5. The van der Waals surface area contributed by atoms with Gasteiger partial charge in [0, 0.05) is 6.54 Å². The summed E-state index contributed by atoms with van der Waals surface area (Å²) in [7, 11) is 0. The highest BCUT2D eigenvalue weighted by Gasteiger charge is 2.19. The van der Waals surface area contributed by atoms with Crippen molar-refractivity contribution < 1.29 is 19.5 Å². The maximum absolute atomic E-state index is 11.9. The Morgan fingerprint density at radius 2 is 2.10 bits per heavy atom. The Hall–Kier alpha value is -2.31. The zero-order chi connectivity index (χ0) is 14.8. The number of hydrogen-bond acceptors (Lipinski definition) is 5. The Balaban J connectivity index is 2.44. The van der Waals surface area contributed by atoms with E-state index in [1.165, 1.54) is 0 Å². The number of rotatable bonds is 9. The molecule has 0 radical (unpaired) electrons. The number of nitrogens with zero attached hydrogens (tertiary/aromatic N) is 1. The van der Waals surface area contributed by atoms with Crippen molar-refractivity contribution in [2.24, 2.45) is 0 Å². The molecule has 1 unspecified atom stereocenters. The monoisotopic (exact) mass is 282 g/mol. The lowest BCUT2D eigenvalue weighted by Crippen LogP contribution is -2.40. The van der Waals surface area contributed by atoms with Gasteiger partial charge in [-0.3, -0.25) is 4.79 Å². The minimum atomic E-state index is -0.893. The molecule has 0 aliphatic heterocycles. The van der Waals surface area contributed by atoms with Gasteiger partial charge in [-0.25, -0.2) is 0 Å². The van der Waals surface area contributed by atoms with Gasteiger partial charge in [0.15, 0.2) is 6.10 Å². The molecule has 0 saturated carbocycles. The fourth-order valence-corrected chi connectivity index (χ4v) is 1.58. The van der Waals surface area contributed by atoms with Crippen LogP contribution in [0.3, 0.4) is 0 Å². The molecule has 1 aromatic rings. The third-order valence-corrected chi connectivity index (χ3v) is 2.46. The Labute approximate surface area is 117 Å². The fraction of sp³-hybridized carbons (Fsp3) is 0.462. The van der Waals surface area contributed by atoms with Crippen molar-refractivity contribution in [3.63, 3.8) is 0 Å². The van der Waals surface area contributed by atoms with Gasteiger partial charge in [0.2, 0.25) is 0 Å².